The van der Waals surface area contributed by atoms with Crippen LogP contribution in [0.3, 0.4) is 0 Å². The van der Waals surface area contributed by atoms with Crippen molar-refractivity contribution >= 4 is 23.2 Å². The Hall–Kier alpha value is -2.70. The van der Waals surface area contributed by atoms with Crippen molar-refractivity contribution in [2.24, 2.45) is 0 Å². The number of hydrogen-bond donors (Lipinski definition) is 0. The number of quaternary nitrogens is 1. The van der Waals surface area contributed by atoms with Crippen molar-refractivity contribution in [3.63, 3.8) is 0 Å². The predicted octanol–water partition coefficient (Wildman–Crippen LogP) is 9.02. The zero-order valence-corrected chi connectivity index (χ0v) is 31.8. The normalized spacial score (nSPS) is 11.7. The molecule has 0 aliphatic rings. The standard InChI is InChI=1S/C41H69N4O2/c1-10-14-27-43(32-38(46)44(26-11-2)41-36(7)24-21-25-37(41)8)28-18-16-15-17-19-31-45(29-12-3,30-13-4)33-39(47)42(9)40-34(5)22-20-23-35(40)6/h20-25H,10-19,26-33H2,1-9H3/q+1. The van der Waals surface area contributed by atoms with Gasteiger partial charge in [0, 0.05) is 25.0 Å². The molecule has 0 spiro atoms. The van der Waals surface area contributed by atoms with E-state index >= 15 is 0 Å². The molecule has 264 valence electrons. The van der Waals surface area contributed by atoms with Crippen LogP contribution in [0.25, 0.3) is 0 Å². The molecule has 0 unspecified atom stereocenters. The topological polar surface area (TPSA) is 43.9 Å². The monoisotopic (exact) mass is 650 g/mol. The van der Waals surface area contributed by atoms with Crippen LogP contribution in [0.2, 0.25) is 0 Å². The van der Waals surface area contributed by atoms with Gasteiger partial charge in [0.25, 0.3) is 5.91 Å². The first-order valence-corrected chi connectivity index (χ1v) is 18.8. The molecule has 0 N–H and O–H groups in total. The lowest BCUT2D eigenvalue weighted by molar-refractivity contribution is -0.921. The van der Waals surface area contributed by atoms with Crippen LogP contribution in [0.4, 0.5) is 11.4 Å². The van der Waals surface area contributed by atoms with Crippen molar-refractivity contribution in [1.29, 1.82) is 0 Å². The molecule has 0 aliphatic carbocycles. The van der Waals surface area contributed by atoms with Crippen molar-refractivity contribution < 1.29 is 14.1 Å². The maximum atomic E-state index is 13.7. The molecule has 2 aromatic rings. The molecular formula is C41H69N4O2+. The first-order valence-electron chi connectivity index (χ1n) is 18.8. The van der Waals surface area contributed by atoms with Crippen LogP contribution in [0.15, 0.2) is 36.4 Å². The van der Waals surface area contributed by atoms with Gasteiger partial charge in [-0.05, 0) is 108 Å². The number of aryl methyl sites for hydroxylation is 4. The Morgan fingerprint density at radius 1 is 0.574 bits per heavy atom. The molecule has 6 heteroatoms. The summed E-state index contributed by atoms with van der Waals surface area (Å²) >= 11 is 0. The first kappa shape index (κ1) is 40.5. The molecule has 0 atom stereocenters. The molecule has 0 heterocycles. The summed E-state index contributed by atoms with van der Waals surface area (Å²) in [6.07, 6.45) is 11.2. The highest BCUT2D eigenvalue weighted by atomic mass is 16.2. The molecule has 2 rings (SSSR count). The van der Waals surface area contributed by atoms with Gasteiger partial charge in [0.1, 0.15) is 0 Å². The summed E-state index contributed by atoms with van der Waals surface area (Å²) in [5.74, 6) is 0.445. The van der Waals surface area contributed by atoms with E-state index in [1.54, 1.807) is 0 Å². The summed E-state index contributed by atoms with van der Waals surface area (Å²) in [4.78, 5) is 33.7. The van der Waals surface area contributed by atoms with Crippen LogP contribution in [-0.4, -0.2) is 80.6 Å². The molecule has 0 radical (unpaired) electrons. The van der Waals surface area contributed by atoms with Gasteiger partial charge < -0.3 is 14.3 Å². The second-order valence-corrected chi connectivity index (χ2v) is 14.0. The molecule has 2 amide bonds. The van der Waals surface area contributed by atoms with E-state index in [0.29, 0.717) is 13.1 Å². The average Bonchev–Trinajstić information content (AvgIpc) is 3.02. The van der Waals surface area contributed by atoms with E-state index in [9.17, 15) is 9.59 Å². The number of carbonyl (C=O) groups excluding carboxylic acids is 2. The number of rotatable bonds is 23. The molecule has 0 saturated carbocycles. The number of unbranched alkanes of at least 4 members (excludes halogenated alkanes) is 5. The van der Waals surface area contributed by atoms with E-state index in [4.69, 9.17) is 0 Å². The molecule has 2 aromatic carbocycles. The van der Waals surface area contributed by atoms with Gasteiger partial charge in [0.05, 0.1) is 26.2 Å². The quantitative estimate of drug-likeness (QED) is 0.0892. The zero-order chi connectivity index (χ0) is 34.8. The Morgan fingerprint density at radius 2 is 1.09 bits per heavy atom. The first-order chi connectivity index (χ1) is 22.5. The molecule has 47 heavy (non-hydrogen) atoms. The predicted molar refractivity (Wildman–Crippen MR) is 203 cm³/mol. The van der Waals surface area contributed by atoms with Crippen molar-refractivity contribution in [1.82, 2.24) is 4.90 Å². The van der Waals surface area contributed by atoms with Crippen LogP contribution < -0.4 is 9.80 Å². The summed E-state index contributed by atoms with van der Waals surface area (Å²) in [5, 5.41) is 0. The number of carbonyl (C=O) groups is 2. The van der Waals surface area contributed by atoms with Gasteiger partial charge in [-0.2, -0.15) is 0 Å². The van der Waals surface area contributed by atoms with Crippen LogP contribution in [0, 0.1) is 27.7 Å². The van der Waals surface area contributed by atoms with E-state index in [0.717, 1.165) is 111 Å². The van der Waals surface area contributed by atoms with Crippen molar-refractivity contribution in [2.75, 3.05) is 69.2 Å². The fourth-order valence-corrected chi connectivity index (χ4v) is 7.43. The maximum Gasteiger partial charge on any atom is 0.281 e. The van der Waals surface area contributed by atoms with Gasteiger partial charge in [-0.3, -0.25) is 14.5 Å². The van der Waals surface area contributed by atoms with Crippen LogP contribution in [0.5, 0.6) is 0 Å². The molecule has 0 bridgehead atoms. The lowest BCUT2D eigenvalue weighted by atomic mass is 10.1. The van der Waals surface area contributed by atoms with E-state index in [1.807, 2.05) is 16.8 Å². The lowest BCUT2D eigenvalue weighted by Gasteiger charge is -2.39. The second kappa shape index (κ2) is 21.3. The minimum atomic E-state index is 0.221. The number of benzene rings is 2. The van der Waals surface area contributed by atoms with Gasteiger partial charge in [0.15, 0.2) is 6.54 Å². The Bertz CT molecular complexity index is 1180. The highest BCUT2D eigenvalue weighted by molar-refractivity contribution is 5.96. The van der Waals surface area contributed by atoms with E-state index < -0.39 is 0 Å². The minimum Gasteiger partial charge on any atom is -0.316 e. The number of anilines is 2. The third-order valence-corrected chi connectivity index (χ3v) is 9.77. The number of hydrogen-bond acceptors (Lipinski definition) is 3. The smallest absolute Gasteiger partial charge is 0.281 e. The third-order valence-electron chi connectivity index (χ3n) is 9.77. The van der Waals surface area contributed by atoms with Gasteiger partial charge in [-0.15, -0.1) is 0 Å². The van der Waals surface area contributed by atoms with Crippen LogP contribution >= 0.6 is 0 Å². The van der Waals surface area contributed by atoms with E-state index in [2.05, 4.69) is 96.7 Å². The summed E-state index contributed by atoms with van der Waals surface area (Å²) < 4.78 is 0.892. The minimum absolute atomic E-state index is 0.221. The maximum absolute atomic E-state index is 13.7. The highest BCUT2D eigenvalue weighted by Gasteiger charge is 2.31. The summed E-state index contributed by atoms with van der Waals surface area (Å²) in [6.45, 7) is 24.3. The molecule has 0 fully saturated rings. The molecule has 0 aliphatic heterocycles. The van der Waals surface area contributed by atoms with Crippen molar-refractivity contribution in [3.05, 3.63) is 58.7 Å². The number of likely N-dealkylation sites (N-methyl/N-ethyl adjacent to an activating group) is 1. The van der Waals surface area contributed by atoms with Crippen molar-refractivity contribution in [2.45, 2.75) is 120 Å². The zero-order valence-electron chi connectivity index (χ0n) is 31.8. The second-order valence-electron chi connectivity index (χ2n) is 14.0. The Kier molecular flexibility index (Phi) is 18.3. The van der Waals surface area contributed by atoms with Crippen molar-refractivity contribution in [3.8, 4) is 0 Å². The van der Waals surface area contributed by atoms with Gasteiger partial charge in [0.2, 0.25) is 5.91 Å². The van der Waals surface area contributed by atoms with E-state index in [-0.39, 0.29) is 11.8 Å². The molecular weight excluding hydrogens is 580 g/mol. The largest absolute Gasteiger partial charge is 0.316 e. The Balaban J connectivity index is 1.93. The molecule has 6 nitrogen and oxygen atoms in total. The number of nitrogens with zero attached hydrogens (tertiary/aromatic N) is 4. The summed E-state index contributed by atoms with van der Waals surface area (Å²) in [7, 11) is 1.95. The third kappa shape index (κ3) is 12.7. The van der Waals surface area contributed by atoms with Crippen LogP contribution in [-0.2, 0) is 9.59 Å². The number of para-hydroxylation sites is 2. The van der Waals surface area contributed by atoms with Crippen LogP contribution in [0.1, 0.15) is 114 Å². The van der Waals surface area contributed by atoms with Gasteiger partial charge in [-0.1, -0.05) is 83.4 Å². The highest BCUT2D eigenvalue weighted by Crippen LogP contribution is 2.26. The fourth-order valence-electron chi connectivity index (χ4n) is 7.43. The SMILES string of the molecule is CCCCN(CCCCCCC[N+](CCC)(CCC)CC(=O)N(C)c1c(C)cccc1C)CC(=O)N(CCC)c1c(C)cccc1C. The Labute approximate surface area is 289 Å². The van der Waals surface area contributed by atoms with Gasteiger partial charge in [-0.25, -0.2) is 0 Å². The number of amides is 2. The summed E-state index contributed by atoms with van der Waals surface area (Å²) in [5.41, 5.74) is 6.80. The Morgan fingerprint density at radius 3 is 1.62 bits per heavy atom. The molecule has 0 saturated heterocycles. The lowest BCUT2D eigenvalue weighted by Crippen LogP contribution is -2.55. The van der Waals surface area contributed by atoms with Gasteiger partial charge >= 0.3 is 0 Å². The fraction of sp³-hybridized carbons (Fsp3) is 0.659. The average molecular weight is 650 g/mol. The summed E-state index contributed by atoms with van der Waals surface area (Å²) in [6, 6.07) is 12.6. The van der Waals surface area contributed by atoms with E-state index in [1.165, 1.54) is 30.4 Å². The molecule has 0 aromatic heterocycles.